The number of carbonyl (C=O) groups is 2. The molecule has 0 amide bonds. The van der Waals surface area contributed by atoms with Crippen molar-refractivity contribution in [2.75, 3.05) is 13.7 Å². The zero-order valence-corrected chi connectivity index (χ0v) is 11.9. The van der Waals surface area contributed by atoms with Gasteiger partial charge in [-0.25, -0.2) is 9.59 Å². The van der Waals surface area contributed by atoms with Crippen molar-refractivity contribution in [3.63, 3.8) is 0 Å². The van der Waals surface area contributed by atoms with Crippen molar-refractivity contribution in [3.05, 3.63) is 35.9 Å². The number of esters is 2. The third-order valence-electron chi connectivity index (χ3n) is 4.01. The fraction of sp³-hybridized carbons (Fsp3) is 0.467. The molecule has 0 unspecified atom stereocenters. The molecule has 3 atom stereocenters. The summed E-state index contributed by atoms with van der Waals surface area (Å²) in [5.74, 6) is -0.877. The van der Waals surface area contributed by atoms with E-state index < -0.39 is 23.6 Å². The number of hydrogen-bond donors (Lipinski definition) is 0. The molecule has 1 aromatic rings. The molecule has 3 rings (SSSR count). The first kappa shape index (κ1) is 14.0. The van der Waals surface area contributed by atoms with Crippen LogP contribution < -0.4 is 0 Å². The second-order valence-electron chi connectivity index (χ2n) is 5.32. The summed E-state index contributed by atoms with van der Waals surface area (Å²) in [6.45, 7) is 2.13. The minimum atomic E-state index is -1.09. The molecule has 0 radical (unpaired) electrons. The van der Waals surface area contributed by atoms with Gasteiger partial charge in [-0.05, 0) is 12.5 Å². The van der Waals surface area contributed by atoms with E-state index in [1.807, 2.05) is 37.3 Å². The van der Waals surface area contributed by atoms with E-state index in [-0.39, 0.29) is 19.1 Å². The van der Waals surface area contributed by atoms with Crippen molar-refractivity contribution in [1.82, 2.24) is 5.06 Å². The quantitative estimate of drug-likeness (QED) is 0.758. The fourth-order valence-electron chi connectivity index (χ4n) is 2.99. The number of benzene rings is 1. The molecule has 6 nitrogen and oxygen atoms in total. The summed E-state index contributed by atoms with van der Waals surface area (Å²) in [4.78, 5) is 30.0. The first-order chi connectivity index (χ1) is 10.1. The fourth-order valence-corrected chi connectivity index (χ4v) is 2.99. The van der Waals surface area contributed by atoms with Gasteiger partial charge in [-0.1, -0.05) is 30.3 Å². The summed E-state index contributed by atoms with van der Waals surface area (Å²) in [5.41, 5.74) is -0.328. The van der Waals surface area contributed by atoms with E-state index in [1.54, 1.807) is 5.06 Å². The Bertz CT molecular complexity index is 560. The molecular formula is C15H17NO5. The highest BCUT2D eigenvalue weighted by Gasteiger charge is 2.60. The molecular weight excluding hydrogens is 274 g/mol. The Morgan fingerprint density at radius 3 is 2.76 bits per heavy atom. The predicted octanol–water partition coefficient (Wildman–Crippen LogP) is 1.01. The molecule has 0 N–H and O–H groups in total. The van der Waals surface area contributed by atoms with E-state index in [2.05, 4.69) is 0 Å². The average molecular weight is 291 g/mol. The topological polar surface area (TPSA) is 65.1 Å². The summed E-state index contributed by atoms with van der Waals surface area (Å²) in [6.07, 6.45) is -0.615. The molecule has 21 heavy (non-hydrogen) atoms. The Balaban J connectivity index is 2.07. The molecule has 0 bridgehead atoms. The van der Waals surface area contributed by atoms with Crippen LogP contribution in [0.2, 0.25) is 0 Å². The number of hydrogen-bond acceptors (Lipinski definition) is 6. The first-order valence-electron chi connectivity index (χ1n) is 6.86. The zero-order chi connectivity index (χ0) is 15.0. The van der Waals surface area contributed by atoms with Crippen LogP contribution in [0, 0.1) is 0 Å². The zero-order valence-electron chi connectivity index (χ0n) is 11.9. The monoisotopic (exact) mass is 291 g/mol. The molecule has 0 aromatic heterocycles. The molecule has 2 fully saturated rings. The highest BCUT2D eigenvalue weighted by atomic mass is 16.7. The van der Waals surface area contributed by atoms with Crippen LogP contribution in [0.3, 0.4) is 0 Å². The molecule has 2 saturated heterocycles. The number of fused-ring (bicyclic) bond motifs is 1. The third kappa shape index (κ3) is 2.02. The van der Waals surface area contributed by atoms with E-state index in [4.69, 9.17) is 14.3 Å². The van der Waals surface area contributed by atoms with E-state index >= 15 is 0 Å². The lowest BCUT2D eigenvalue weighted by atomic mass is 9.83. The van der Waals surface area contributed by atoms with Crippen LogP contribution in [0.4, 0.5) is 0 Å². The van der Waals surface area contributed by atoms with Crippen LogP contribution in [0.15, 0.2) is 30.3 Å². The summed E-state index contributed by atoms with van der Waals surface area (Å²) >= 11 is 0. The summed E-state index contributed by atoms with van der Waals surface area (Å²) < 4.78 is 10.1. The van der Waals surface area contributed by atoms with Crippen LogP contribution in [0.25, 0.3) is 0 Å². The standard InChI is InChI=1S/C15H17NO5/c1-10-9-20-14(18)15(11-6-4-3-5-7-11)8-12(13(17)19-2)21-16(10)15/h3-7,10,12H,8-9H2,1-2H3/t10-,12+,15+/m0/s1. The van der Waals surface area contributed by atoms with Gasteiger partial charge in [0.1, 0.15) is 6.61 Å². The number of morpholine rings is 1. The van der Waals surface area contributed by atoms with Gasteiger partial charge in [0.25, 0.3) is 0 Å². The van der Waals surface area contributed by atoms with Crippen LogP contribution in [0.5, 0.6) is 0 Å². The van der Waals surface area contributed by atoms with Crippen molar-refractivity contribution in [2.45, 2.75) is 31.0 Å². The molecule has 2 aliphatic heterocycles. The highest BCUT2D eigenvalue weighted by Crippen LogP contribution is 2.45. The Morgan fingerprint density at radius 2 is 2.10 bits per heavy atom. The molecule has 6 heteroatoms. The van der Waals surface area contributed by atoms with Crippen molar-refractivity contribution in [2.24, 2.45) is 0 Å². The van der Waals surface area contributed by atoms with Gasteiger partial charge in [0.2, 0.25) is 0 Å². The molecule has 2 heterocycles. The Labute approximate surface area is 122 Å². The number of cyclic esters (lactones) is 1. The maximum Gasteiger partial charge on any atom is 0.337 e. The van der Waals surface area contributed by atoms with Crippen molar-refractivity contribution in [1.29, 1.82) is 0 Å². The van der Waals surface area contributed by atoms with Gasteiger partial charge in [0.05, 0.1) is 13.2 Å². The van der Waals surface area contributed by atoms with E-state index in [1.165, 1.54) is 7.11 Å². The highest BCUT2D eigenvalue weighted by molar-refractivity contribution is 5.86. The van der Waals surface area contributed by atoms with E-state index in [9.17, 15) is 9.59 Å². The number of nitrogens with zero attached hydrogens (tertiary/aromatic N) is 1. The molecule has 0 spiro atoms. The van der Waals surface area contributed by atoms with Gasteiger partial charge >= 0.3 is 11.9 Å². The molecule has 0 aliphatic carbocycles. The SMILES string of the molecule is COC(=O)[C@H]1C[C@@]2(c3ccccc3)C(=O)OC[C@H](C)N2O1. The minimum Gasteiger partial charge on any atom is -0.467 e. The second-order valence-corrected chi connectivity index (χ2v) is 5.32. The normalized spacial score (nSPS) is 32.4. The number of methoxy groups -OCH3 is 1. The van der Waals surface area contributed by atoms with E-state index in [0.29, 0.717) is 0 Å². The Kier molecular flexibility index (Phi) is 3.43. The van der Waals surface area contributed by atoms with Gasteiger partial charge in [0, 0.05) is 6.42 Å². The van der Waals surface area contributed by atoms with Gasteiger partial charge < -0.3 is 9.47 Å². The van der Waals surface area contributed by atoms with Crippen molar-refractivity contribution >= 4 is 11.9 Å². The summed E-state index contributed by atoms with van der Waals surface area (Å²) in [7, 11) is 1.31. The van der Waals surface area contributed by atoms with Gasteiger partial charge in [-0.15, -0.1) is 0 Å². The molecule has 1 aromatic carbocycles. The average Bonchev–Trinajstić information content (AvgIpc) is 2.94. The summed E-state index contributed by atoms with van der Waals surface area (Å²) in [6, 6.07) is 9.11. The number of rotatable bonds is 2. The van der Waals surface area contributed by atoms with Gasteiger partial charge in [0.15, 0.2) is 11.6 Å². The molecule has 0 saturated carbocycles. The third-order valence-corrected chi connectivity index (χ3v) is 4.01. The Hall–Kier alpha value is -1.92. The molecule has 112 valence electrons. The maximum absolute atomic E-state index is 12.5. The maximum atomic E-state index is 12.5. The Morgan fingerprint density at radius 1 is 1.38 bits per heavy atom. The lowest BCUT2D eigenvalue weighted by molar-refractivity contribution is -0.249. The van der Waals surface area contributed by atoms with Crippen LogP contribution in [-0.4, -0.2) is 42.9 Å². The van der Waals surface area contributed by atoms with Crippen LogP contribution in [-0.2, 0) is 29.4 Å². The predicted molar refractivity (Wildman–Crippen MR) is 71.9 cm³/mol. The molecule has 2 aliphatic rings. The van der Waals surface area contributed by atoms with Gasteiger partial charge in [-0.3, -0.25) is 4.84 Å². The van der Waals surface area contributed by atoms with E-state index in [0.717, 1.165) is 5.56 Å². The van der Waals surface area contributed by atoms with Crippen molar-refractivity contribution in [3.8, 4) is 0 Å². The summed E-state index contributed by atoms with van der Waals surface area (Å²) in [5, 5.41) is 1.59. The number of ether oxygens (including phenoxy) is 2. The smallest absolute Gasteiger partial charge is 0.337 e. The van der Waals surface area contributed by atoms with Crippen molar-refractivity contribution < 1.29 is 23.9 Å². The lowest BCUT2D eigenvalue weighted by Gasteiger charge is -2.41. The van der Waals surface area contributed by atoms with Crippen LogP contribution in [0.1, 0.15) is 18.9 Å². The van der Waals surface area contributed by atoms with Crippen LogP contribution >= 0.6 is 0 Å². The van der Waals surface area contributed by atoms with Gasteiger partial charge in [-0.2, -0.15) is 5.06 Å². The number of hydroxylamine groups is 2. The first-order valence-corrected chi connectivity index (χ1v) is 6.86. The minimum absolute atomic E-state index is 0.141. The second kappa shape index (κ2) is 5.13. The number of carbonyl (C=O) groups excluding carboxylic acids is 2. The largest absolute Gasteiger partial charge is 0.467 e. The lowest BCUT2D eigenvalue weighted by Crippen LogP contribution is -2.57.